The quantitative estimate of drug-likeness (QED) is 0.445. The zero-order valence-corrected chi connectivity index (χ0v) is 4.96. The Morgan fingerprint density at radius 3 is 2.75 bits per heavy atom. The van der Waals surface area contributed by atoms with Crippen LogP contribution in [-0.2, 0) is 10.8 Å². The van der Waals surface area contributed by atoms with Crippen molar-refractivity contribution in [1.82, 2.24) is 10.6 Å². The molecule has 1 aliphatic rings. The molecule has 4 nitrogen and oxygen atoms in total. The van der Waals surface area contributed by atoms with Crippen molar-refractivity contribution >= 4 is 16.0 Å². The molecule has 1 fully saturated rings. The highest BCUT2D eigenvalue weighted by atomic mass is 32.2. The third-order valence-corrected chi connectivity index (χ3v) is 1.82. The summed E-state index contributed by atoms with van der Waals surface area (Å²) in [5.41, 5.74) is 0. The number of carbonyl (C=O) groups excluding carboxylic acids is 1. The Morgan fingerprint density at radius 2 is 2.38 bits per heavy atom. The zero-order valence-electron chi connectivity index (χ0n) is 4.14. The summed E-state index contributed by atoms with van der Waals surface area (Å²) >= 11 is 0. The summed E-state index contributed by atoms with van der Waals surface area (Å²) in [5, 5.41) is 4.74. The van der Waals surface area contributed by atoms with Crippen LogP contribution in [0.1, 0.15) is 0 Å². The van der Waals surface area contributed by atoms with E-state index in [-0.39, 0.29) is 11.1 Å². The molecule has 0 aromatic heterocycles. The molecule has 1 heterocycles. The topological polar surface area (TPSA) is 58.2 Å². The second-order valence-electron chi connectivity index (χ2n) is 1.38. The van der Waals surface area contributed by atoms with Gasteiger partial charge in [-0.1, -0.05) is 0 Å². The van der Waals surface area contributed by atoms with Crippen LogP contribution in [0.3, 0.4) is 0 Å². The van der Waals surface area contributed by atoms with Crippen LogP contribution in [0.2, 0.25) is 0 Å². The first-order valence-electron chi connectivity index (χ1n) is 2.17. The predicted octanol–water partition coefficient (Wildman–Crippen LogP) is -1.04. The first kappa shape index (κ1) is 5.71. The molecule has 1 aliphatic heterocycles. The van der Waals surface area contributed by atoms with E-state index in [2.05, 4.69) is 10.6 Å². The van der Waals surface area contributed by atoms with Crippen molar-refractivity contribution in [3.05, 3.63) is 0 Å². The molecular weight excluding hydrogens is 128 g/mol. The highest BCUT2D eigenvalue weighted by Crippen LogP contribution is 1.84. The van der Waals surface area contributed by atoms with E-state index in [4.69, 9.17) is 0 Å². The van der Waals surface area contributed by atoms with Gasteiger partial charge in [0.25, 0.3) is 0 Å². The fourth-order valence-corrected chi connectivity index (χ4v) is 1.08. The van der Waals surface area contributed by atoms with Gasteiger partial charge >= 0.3 is 5.24 Å². The van der Waals surface area contributed by atoms with E-state index < -0.39 is 10.8 Å². The summed E-state index contributed by atoms with van der Waals surface area (Å²) in [4.78, 5) is 10.3. The number of carbonyl (C=O) groups is 1. The number of amides is 1. The van der Waals surface area contributed by atoms with E-state index in [1.165, 1.54) is 0 Å². The highest BCUT2D eigenvalue weighted by molar-refractivity contribution is 8.00. The minimum Gasteiger partial charge on any atom is -0.332 e. The van der Waals surface area contributed by atoms with E-state index in [1.54, 1.807) is 0 Å². The zero-order chi connectivity index (χ0) is 5.98. The second kappa shape index (κ2) is 2.23. The summed E-state index contributed by atoms with van der Waals surface area (Å²) in [5.74, 6) is 0.284. The van der Waals surface area contributed by atoms with Crippen molar-refractivity contribution in [2.24, 2.45) is 0 Å². The average Bonchev–Trinajstić information content (AvgIpc) is 1.77. The summed E-state index contributed by atoms with van der Waals surface area (Å²) < 4.78 is 10.4. The Morgan fingerprint density at radius 1 is 1.62 bits per heavy atom. The molecule has 1 amide bonds. The molecule has 2 N–H and O–H groups in total. The molecule has 0 radical (unpaired) electrons. The standard InChI is InChI=1S/C3H6N2O2S/c6-3-5-1-4-2-8(3)7/h4H,1-2H2,(H,5,6). The van der Waals surface area contributed by atoms with Gasteiger partial charge in [-0.25, -0.2) is 4.21 Å². The normalized spacial score (nSPS) is 29.5. The molecule has 0 saturated carbocycles. The van der Waals surface area contributed by atoms with Crippen LogP contribution in [0.25, 0.3) is 0 Å². The van der Waals surface area contributed by atoms with Crippen LogP contribution >= 0.6 is 0 Å². The summed E-state index contributed by atoms with van der Waals surface area (Å²) in [6.45, 7) is 0.435. The monoisotopic (exact) mass is 134 g/mol. The molecule has 0 spiro atoms. The van der Waals surface area contributed by atoms with Crippen LogP contribution in [0.5, 0.6) is 0 Å². The first-order chi connectivity index (χ1) is 3.80. The molecular formula is C3H6N2O2S. The van der Waals surface area contributed by atoms with E-state index in [0.717, 1.165) is 0 Å². The molecule has 1 atom stereocenters. The summed E-state index contributed by atoms with van der Waals surface area (Å²) in [6, 6.07) is 0. The van der Waals surface area contributed by atoms with Gasteiger partial charge in [-0.05, 0) is 0 Å². The van der Waals surface area contributed by atoms with Crippen LogP contribution in [-0.4, -0.2) is 22.0 Å². The Bertz CT molecular complexity index is 119. The second-order valence-corrected chi connectivity index (χ2v) is 2.73. The molecule has 1 saturated heterocycles. The SMILES string of the molecule is O=C1NCNCS1=O. The largest absolute Gasteiger partial charge is 0.332 e. The number of rotatable bonds is 0. The molecule has 1 unspecified atom stereocenters. The van der Waals surface area contributed by atoms with Crippen molar-refractivity contribution in [3.63, 3.8) is 0 Å². The average molecular weight is 134 g/mol. The molecule has 46 valence electrons. The van der Waals surface area contributed by atoms with Crippen molar-refractivity contribution in [2.75, 3.05) is 12.5 Å². The number of hydrogen-bond donors (Lipinski definition) is 2. The Hall–Kier alpha value is -0.420. The molecule has 0 aliphatic carbocycles. The van der Waals surface area contributed by atoms with Gasteiger partial charge < -0.3 is 5.32 Å². The minimum absolute atomic E-state index is 0.284. The van der Waals surface area contributed by atoms with Crippen LogP contribution in [0.15, 0.2) is 0 Å². The molecule has 8 heavy (non-hydrogen) atoms. The highest BCUT2D eigenvalue weighted by Gasteiger charge is 2.13. The predicted molar refractivity (Wildman–Crippen MR) is 29.5 cm³/mol. The summed E-state index contributed by atoms with van der Waals surface area (Å²) in [6.07, 6.45) is 0. The number of nitrogens with one attached hydrogen (secondary N) is 2. The fourth-order valence-electron chi connectivity index (χ4n) is 0.424. The van der Waals surface area contributed by atoms with E-state index in [9.17, 15) is 9.00 Å². The molecule has 1 rings (SSSR count). The maximum Gasteiger partial charge on any atom is 0.311 e. The minimum atomic E-state index is -1.35. The van der Waals surface area contributed by atoms with Gasteiger partial charge in [0, 0.05) is 0 Å². The Balaban J connectivity index is 2.52. The summed E-state index contributed by atoms with van der Waals surface area (Å²) in [7, 11) is -1.35. The third-order valence-electron chi connectivity index (χ3n) is 0.798. The van der Waals surface area contributed by atoms with E-state index in [1.807, 2.05) is 0 Å². The van der Waals surface area contributed by atoms with Gasteiger partial charge in [-0.2, -0.15) is 0 Å². The van der Waals surface area contributed by atoms with Crippen molar-refractivity contribution in [3.8, 4) is 0 Å². The Labute approximate surface area is 49.1 Å². The van der Waals surface area contributed by atoms with Gasteiger partial charge in [-0.3, -0.25) is 10.1 Å². The lowest BCUT2D eigenvalue weighted by molar-refractivity contribution is 0.258. The molecule has 0 aromatic carbocycles. The van der Waals surface area contributed by atoms with Crippen molar-refractivity contribution < 1.29 is 9.00 Å². The molecule has 0 bridgehead atoms. The van der Waals surface area contributed by atoms with Crippen LogP contribution < -0.4 is 10.6 Å². The number of hydrogen-bond acceptors (Lipinski definition) is 3. The first-order valence-corrected chi connectivity index (χ1v) is 3.49. The van der Waals surface area contributed by atoms with Gasteiger partial charge in [-0.15, -0.1) is 0 Å². The van der Waals surface area contributed by atoms with Crippen molar-refractivity contribution in [2.45, 2.75) is 0 Å². The maximum atomic E-state index is 10.4. The van der Waals surface area contributed by atoms with Gasteiger partial charge in [0.2, 0.25) is 0 Å². The lowest BCUT2D eigenvalue weighted by Crippen LogP contribution is -2.44. The van der Waals surface area contributed by atoms with Crippen molar-refractivity contribution in [1.29, 1.82) is 0 Å². The smallest absolute Gasteiger partial charge is 0.311 e. The van der Waals surface area contributed by atoms with Gasteiger partial charge in [0.15, 0.2) is 0 Å². The molecule has 5 heteroatoms. The van der Waals surface area contributed by atoms with E-state index >= 15 is 0 Å². The van der Waals surface area contributed by atoms with Crippen LogP contribution in [0.4, 0.5) is 4.79 Å². The lowest BCUT2D eigenvalue weighted by Gasteiger charge is -2.10. The third kappa shape index (κ3) is 1.05. The lowest BCUT2D eigenvalue weighted by atomic mass is 11.0. The van der Waals surface area contributed by atoms with Gasteiger partial charge in [0.1, 0.15) is 10.8 Å². The fraction of sp³-hybridized carbons (Fsp3) is 0.667. The van der Waals surface area contributed by atoms with E-state index in [0.29, 0.717) is 6.67 Å². The Kier molecular flexibility index (Phi) is 1.59. The van der Waals surface area contributed by atoms with Gasteiger partial charge in [0.05, 0.1) is 12.5 Å². The maximum absolute atomic E-state index is 10.4. The van der Waals surface area contributed by atoms with Crippen LogP contribution in [0, 0.1) is 0 Å². The molecule has 0 aromatic rings.